The van der Waals surface area contributed by atoms with Gasteiger partial charge in [-0.15, -0.1) is 0 Å². The van der Waals surface area contributed by atoms with Crippen molar-refractivity contribution in [1.29, 1.82) is 0 Å². The topological polar surface area (TPSA) is 20.3 Å². The van der Waals surface area contributed by atoms with E-state index in [1.807, 2.05) is 0 Å². The van der Waals surface area contributed by atoms with E-state index in [1.54, 1.807) is 6.92 Å². The van der Waals surface area contributed by atoms with Gasteiger partial charge in [0.15, 0.2) is 0 Å². The molecular weight excluding hydrogens is 282 g/mol. The third kappa shape index (κ3) is 3.37. The van der Waals surface area contributed by atoms with Crippen LogP contribution < -0.4 is 0 Å². The maximum atomic E-state index is 12.1. The van der Waals surface area contributed by atoms with E-state index in [0.29, 0.717) is 0 Å². The molecule has 0 heterocycles. The van der Waals surface area contributed by atoms with Gasteiger partial charge in [-0.05, 0) is 74.6 Å². The van der Waals surface area contributed by atoms with Crippen LogP contribution in [0.5, 0.6) is 0 Å². The number of aryl methyl sites for hydroxylation is 2. The van der Waals surface area contributed by atoms with Crippen LogP contribution in [0.15, 0.2) is 42.5 Å². The van der Waals surface area contributed by atoms with Crippen LogP contribution in [0.4, 0.5) is 0 Å². The van der Waals surface area contributed by atoms with Gasteiger partial charge < -0.3 is 4.90 Å². The Morgan fingerprint density at radius 2 is 1.74 bits per heavy atom. The lowest BCUT2D eigenvalue weighted by Gasteiger charge is -2.23. The van der Waals surface area contributed by atoms with Crippen molar-refractivity contribution in [2.24, 2.45) is 0 Å². The molecule has 3 rings (SSSR count). The van der Waals surface area contributed by atoms with Crippen LogP contribution in [0.1, 0.15) is 36.0 Å². The van der Waals surface area contributed by atoms with E-state index < -0.39 is 0 Å². The first-order chi connectivity index (χ1) is 11.1. The van der Waals surface area contributed by atoms with E-state index in [0.717, 1.165) is 25.8 Å². The monoisotopic (exact) mass is 307 g/mol. The fraction of sp³-hybridized carbons (Fsp3) is 0.381. The molecule has 0 spiro atoms. The van der Waals surface area contributed by atoms with Gasteiger partial charge in [0.1, 0.15) is 5.78 Å². The Kier molecular flexibility index (Phi) is 4.63. The second kappa shape index (κ2) is 6.67. The van der Waals surface area contributed by atoms with Gasteiger partial charge in [-0.1, -0.05) is 42.5 Å². The Labute approximate surface area is 139 Å². The molecule has 23 heavy (non-hydrogen) atoms. The average molecular weight is 307 g/mol. The van der Waals surface area contributed by atoms with Gasteiger partial charge in [0.05, 0.1) is 0 Å². The summed E-state index contributed by atoms with van der Waals surface area (Å²) in [7, 11) is 4.11. The minimum Gasteiger partial charge on any atom is -0.309 e. The summed E-state index contributed by atoms with van der Waals surface area (Å²) in [6, 6.07) is 15.3. The van der Waals surface area contributed by atoms with Crippen molar-refractivity contribution in [2.45, 2.75) is 32.1 Å². The zero-order valence-corrected chi connectivity index (χ0v) is 14.3. The first-order valence-electron chi connectivity index (χ1n) is 8.42. The van der Waals surface area contributed by atoms with E-state index in [1.165, 1.54) is 27.8 Å². The minimum atomic E-state index is 0.0138. The molecule has 0 bridgehead atoms. The highest BCUT2D eigenvalue weighted by molar-refractivity contribution is 5.84. The standard InChI is InChI=1S/C21H25NO/c1-15(23)19(12-13-22(2)3)17-10-11-21-18(14-17)9-8-16-6-4-5-7-20(16)21/h4-7,10-11,14,19H,8-9,12-13H2,1-3H3/t19-/m1/s1. The highest BCUT2D eigenvalue weighted by Gasteiger charge is 2.21. The first kappa shape index (κ1) is 15.9. The molecule has 0 N–H and O–H groups in total. The second-order valence-corrected chi connectivity index (χ2v) is 6.83. The molecule has 0 unspecified atom stereocenters. The molecule has 2 heteroatoms. The molecule has 2 nitrogen and oxygen atoms in total. The number of carbonyl (C=O) groups is 1. The molecule has 1 atom stereocenters. The van der Waals surface area contributed by atoms with Gasteiger partial charge in [-0.3, -0.25) is 4.79 Å². The molecule has 0 amide bonds. The Morgan fingerprint density at radius 3 is 2.48 bits per heavy atom. The predicted molar refractivity (Wildman–Crippen MR) is 95.9 cm³/mol. The highest BCUT2D eigenvalue weighted by Crippen LogP contribution is 2.35. The van der Waals surface area contributed by atoms with Gasteiger partial charge in [-0.2, -0.15) is 0 Å². The summed E-state index contributed by atoms with van der Waals surface area (Å²) in [5.74, 6) is 0.280. The largest absolute Gasteiger partial charge is 0.309 e. The van der Waals surface area contributed by atoms with Crippen LogP contribution in [0.2, 0.25) is 0 Å². The zero-order valence-electron chi connectivity index (χ0n) is 14.3. The molecule has 0 radical (unpaired) electrons. The lowest BCUT2D eigenvalue weighted by molar-refractivity contribution is -0.118. The van der Waals surface area contributed by atoms with Crippen LogP contribution in [0, 0.1) is 0 Å². The van der Waals surface area contributed by atoms with Gasteiger partial charge >= 0.3 is 0 Å². The van der Waals surface area contributed by atoms with E-state index in [-0.39, 0.29) is 11.7 Å². The molecule has 2 aromatic carbocycles. The van der Waals surface area contributed by atoms with E-state index in [2.05, 4.69) is 61.5 Å². The summed E-state index contributed by atoms with van der Waals surface area (Å²) in [5, 5.41) is 0. The number of hydrogen-bond acceptors (Lipinski definition) is 2. The maximum absolute atomic E-state index is 12.1. The van der Waals surface area contributed by atoms with Crippen LogP contribution in [0.25, 0.3) is 11.1 Å². The lowest BCUT2D eigenvalue weighted by Crippen LogP contribution is -2.19. The normalized spacial score (nSPS) is 14.3. The summed E-state index contributed by atoms with van der Waals surface area (Å²) < 4.78 is 0. The quantitative estimate of drug-likeness (QED) is 0.829. The van der Waals surface area contributed by atoms with Crippen molar-refractivity contribution in [3.63, 3.8) is 0 Å². The molecule has 2 aromatic rings. The molecule has 0 saturated carbocycles. The number of Topliss-reactive ketones (excluding diaryl/α,β-unsaturated/α-hetero) is 1. The lowest BCUT2D eigenvalue weighted by atomic mass is 9.82. The molecule has 1 aliphatic rings. The number of fused-ring (bicyclic) bond motifs is 3. The molecule has 0 saturated heterocycles. The third-order valence-electron chi connectivity index (χ3n) is 4.86. The van der Waals surface area contributed by atoms with E-state index in [4.69, 9.17) is 0 Å². The molecule has 0 fully saturated rings. The van der Waals surface area contributed by atoms with Crippen LogP contribution in [0.3, 0.4) is 0 Å². The maximum Gasteiger partial charge on any atom is 0.137 e. The SMILES string of the molecule is CC(=O)[C@@H](CCN(C)C)c1ccc2c(c1)CCc1ccccc1-2. The van der Waals surface area contributed by atoms with Crippen LogP contribution >= 0.6 is 0 Å². The average Bonchev–Trinajstić information content (AvgIpc) is 2.54. The number of ketones is 1. The number of benzene rings is 2. The Morgan fingerprint density at radius 1 is 1.04 bits per heavy atom. The van der Waals surface area contributed by atoms with Gasteiger partial charge in [0.2, 0.25) is 0 Å². The van der Waals surface area contributed by atoms with Gasteiger partial charge in [-0.25, -0.2) is 0 Å². The molecule has 120 valence electrons. The Bertz CT molecular complexity index is 718. The Hall–Kier alpha value is -1.93. The summed E-state index contributed by atoms with van der Waals surface area (Å²) in [6.07, 6.45) is 3.05. The number of rotatable bonds is 5. The van der Waals surface area contributed by atoms with E-state index in [9.17, 15) is 4.79 Å². The first-order valence-corrected chi connectivity index (χ1v) is 8.42. The zero-order chi connectivity index (χ0) is 16.4. The Balaban J connectivity index is 1.93. The highest BCUT2D eigenvalue weighted by atomic mass is 16.1. The van der Waals surface area contributed by atoms with Crippen molar-refractivity contribution in [1.82, 2.24) is 4.90 Å². The van der Waals surface area contributed by atoms with Crippen molar-refractivity contribution < 1.29 is 4.79 Å². The number of hydrogen-bond donors (Lipinski definition) is 0. The summed E-state index contributed by atoms with van der Waals surface area (Å²) in [4.78, 5) is 14.2. The van der Waals surface area contributed by atoms with Crippen molar-refractivity contribution >= 4 is 5.78 Å². The number of nitrogens with zero attached hydrogens (tertiary/aromatic N) is 1. The molecule has 0 aromatic heterocycles. The fourth-order valence-electron chi connectivity index (χ4n) is 3.56. The van der Waals surface area contributed by atoms with Crippen molar-refractivity contribution in [3.05, 3.63) is 59.2 Å². The smallest absolute Gasteiger partial charge is 0.137 e. The minimum absolute atomic E-state index is 0.0138. The van der Waals surface area contributed by atoms with Crippen LogP contribution in [-0.2, 0) is 17.6 Å². The van der Waals surface area contributed by atoms with Crippen LogP contribution in [-0.4, -0.2) is 31.3 Å². The van der Waals surface area contributed by atoms with E-state index >= 15 is 0 Å². The second-order valence-electron chi connectivity index (χ2n) is 6.83. The number of carbonyl (C=O) groups excluding carboxylic acids is 1. The van der Waals surface area contributed by atoms with Crippen molar-refractivity contribution in [3.8, 4) is 11.1 Å². The summed E-state index contributed by atoms with van der Waals surface area (Å²) in [5.41, 5.74) is 6.69. The molecule has 0 aliphatic heterocycles. The van der Waals surface area contributed by atoms with Gasteiger partial charge in [0, 0.05) is 5.92 Å². The summed E-state index contributed by atoms with van der Waals surface area (Å²) >= 11 is 0. The molecular formula is C21H25NO. The van der Waals surface area contributed by atoms with Crippen molar-refractivity contribution in [2.75, 3.05) is 20.6 Å². The molecule has 1 aliphatic carbocycles. The third-order valence-corrected chi connectivity index (χ3v) is 4.86. The summed E-state index contributed by atoms with van der Waals surface area (Å²) in [6.45, 7) is 2.65. The fourth-order valence-corrected chi connectivity index (χ4v) is 3.56. The predicted octanol–water partition coefficient (Wildman–Crippen LogP) is 4.08. The van der Waals surface area contributed by atoms with Gasteiger partial charge in [0.25, 0.3) is 0 Å².